The summed E-state index contributed by atoms with van der Waals surface area (Å²) in [6.45, 7) is -0.853. The summed E-state index contributed by atoms with van der Waals surface area (Å²) in [6, 6.07) is 2.87. The summed E-state index contributed by atoms with van der Waals surface area (Å²) in [4.78, 5) is 26.0. The zero-order valence-corrected chi connectivity index (χ0v) is 9.98. The summed E-state index contributed by atoms with van der Waals surface area (Å²) in [5.41, 5.74) is 5.50. The van der Waals surface area contributed by atoms with Crippen LogP contribution in [-0.4, -0.2) is 42.6 Å². The quantitative estimate of drug-likeness (QED) is 0.618. The van der Waals surface area contributed by atoms with Crippen LogP contribution in [0.2, 0.25) is 0 Å². The van der Waals surface area contributed by atoms with Gasteiger partial charge in [0.05, 0.1) is 18.8 Å². The van der Waals surface area contributed by atoms with Crippen LogP contribution >= 0.6 is 0 Å². The fourth-order valence-corrected chi connectivity index (χ4v) is 2.90. The van der Waals surface area contributed by atoms with Crippen molar-refractivity contribution < 1.29 is 18.0 Å². The molecule has 0 unspecified atom stereocenters. The number of carbonyl (C=O) groups excluding carboxylic acids is 2. The lowest BCUT2D eigenvalue weighted by Crippen LogP contribution is -2.53. The number of imide groups is 1. The van der Waals surface area contributed by atoms with E-state index in [4.69, 9.17) is 5.73 Å². The topological polar surface area (TPSA) is 122 Å². The SMILES string of the molecule is Nc1cccnc1S(=O)(=O)N1CC(=O)NC(=O)C1. The number of nitrogens with two attached hydrogens (primary N) is 1. The molecule has 2 heterocycles. The van der Waals surface area contributed by atoms with Crippen LogP contribution in [-0.2, 0) is 19.6 Å². The van der Waals surface area contributed by atoms with Gasteiger partial charge in [0.25, 0.3) is 10.0 Å². The molecule has 3 N–H and O–H groups in total. The van der Waals surface area contributed by atoms with E-state index in [1.54, 1.807) is 0 Å². The third kappa shape index (κ3) is 2.17. The molecule has 1 aliphatic heterocycles. The second-order valence-corrected chi connectivity index (χ2v) is 5.50. The lowest BCUT2D eigenvalue weighted by Gasteiger charge is -2.24. The molecule has 1 aromatic rings. The Morgan fingerprint density at radius 1 is 1.28 bits per heavy atom. The van der Waals surface area contributed by atoms with E-state index in [0.29, 0.717) is 0 Å². The van der Waals surface area contributed by atoms with Gasteiger partial charge in [-0.2, -0.15) is 4.31 Å². The predicted octanol–water partition coefficient (Wildman–Crippen LogP) is -1.69. The van der Waals surface area contributed by atoms with E-state index in [0.717, 1.165) is 4.31 Å². The summed E-state index contributed by atoms with van der Waals surface area (Å²) >= 11 is 0. The molecule has 0 radical (unpaired) electrons. The second-order valence-electron chi connectivity index (χ2n) is 3.64. The second kappa shape index (κ2) is 4.35. The number of carbonyl (C=O) groups is 2. The normalized spacial score (nSPS) is 17.6. The van der Waals surface area contributed by atoms with Gasteiger partial charge in [-0.25, -0.2) is 13.4 Å². The van der Waals surface area contributed by atoms with Crippen LogP contribution in [0.5, 0.6) is 0 Å². The number of nitrogen functional groups attached to an aromatic ring is 1. The summed E-state index contributed by atoms with van der Waals surface area (Å²) in [7, 11) is -4.04. The number of nitrogens with one attached hydrogen (secondary N) is 1. The van der Waals surface area contributed by atoms with E-state index in [1.165, 1.54) is 18.3 Å². The molecule has 1 aliphatic rings. The minimum atomic E-state index is -4.04. The van der Waals surface area contributed by atoms with E-state index in [9.17, 15) is 18.0 Å². The molecule has 18 heavy (non-hydrogen) atoms. The van der Waals surface area contributed by atoms with Gasteiger partial charge >= 0.3 is 0 Å². The third-order valence-electron chi connectivity index (χ3n) is 2.30. The van der Waals surface area contributed by atoms with Crippen molar-refractivity contribution in [1.82, 2.24) is 14.6 Å². The molecule has 0 bridgehead atoms. The lowest BCUT2D eigenvalue weighted by atomic mass is 10.4. The van der Waals surface area contributed by atoms with Crippen LogP contribution in [0.25, 0.3) is 0 Å². The van der Waals surface area contributed by atoms with Gasteiger partial charge < -0.3 is 5.73 Å². The molecule has 2 rings (SSSR count). The predicted molar refractivity (Wildman–Crippen MR) is 60.6 cm³/mol. The van der Waals surface area contributed by atoms with Crippen molar-refractivity contribution in [1.29, 1.82) is 0 Å². The Labute approximate surface area is 103 Å². The van der Waals surface area contributed by atoms with Crippen molar-refractivity contribution in [2.24, 2.45) is 0 Å². The summed E-state index contributed by atoms with van der Waals surface area (Å²) < 4.78 is 25.0. The van der Waals surface area contributed by atoms with Crippen molar-refractivity contribution in [3.05, 3.63) is 18.3 Å². The molecule has 0 saturated carbocycles. The number of pyridine rings is 1. The maximum absolute atomic E-state index is 12.2. The highest BCUT2D eigenvalue weighted by atomic mass is 32.2. The molecule has 96 valence electrons. The van der Waals surface area contributed by atoms with E-state index in [1.807, 2.05) is 5.32 Å². The Hall–Kier alpha value is -2.00. The number of sulfonamides is 1. The number of amides is 2. The first kappa shape index (κ1) is 12.5. The molecule has 0 aromatic carbocycles. The Morgan fingerprint density at radius 2 is 1.89 bits per heavy atom. The van der Waals surface area contributed by atoms with Crippen LogP contribution in [0, 0.1) is 0 Å². The highest BCUT2D eigenvalue weighted by Gasteiger charge is 2.34. The maximum Gasteiger partial charge on any atom is 0.263 e. The monoisotopic (exact) mass is 270 g/mol. The third-order valence-corrected chi connectivity index (χ3v) is 4.07. The van der Waals surface area contributed by atoms with Crippen molar-refractivity contribution >= 4 is 27.5 Å². The van der Waals surface area contributed by atoms with Crippen LogP contribution in [0.15, 0.2) is 23.4 Å². The number of hydrogen-bond donors (Lipinski definition) is 2. The van der Waals surface area contributed by atoms with E-state index >= 15 is 0 Å². The van der Waals surface area contributed by atoms with Crippen molar-refractivity contribution in [2.75, 3.05) is 18.8 Å². The van der Waals surface area contributed by atoms with Crippen LogP contribution in [0.4, 0.5) is 5.69 Å². The number of aromatic nitrogens is 1. The van der Waals surface area contributed by atoms with Crippen LogP contribution in [0.1, 0.15) is 0 Å². The van der Waals surface area contributed by atoms with Gasteiger partial charge in [0, 0.05) is 6.20 Å². The number of nitrogens with zero attached hydrogens (tertiary/aromatic N) is 2. The first-order valence-electron chi connectivity index (χ1n) is 4.94. The number of hydrogen-bond acceptors (Lipinski definition) is 6. The Bertz CT molecular complexity index is 597. The smallest absolute Gasteiger partial charge is 0.263 e. The van der Waals surface area contributed by atoms with Crippen molar-refractivity contribution in [3.63, 3.8) is 0 Å². The molecule has 1 saturated heterocycles. The van der Waals surface area contributed by atoms with Crippen molar-refractivity contribution in [3.8, 4) is 0 Å². The maximum atomic E-state index is 12.2. The van der Waals surface area contributed by atoms with Crippen LogP contribution in [0.3, 0.4) is 0 Å². The highest BCUT2D eigenvalue weighted by Crippen LogP contribution is 2.19. The zero-order valence-electron chi connectivity index (χ0n) is 9.16. The molecule has 0 spiro atoms. The Morgan fingerprint density at radius 3 is 2.44 bits per heavy atom. The zero-order chi connectivity index (χ0) is 13.3. The molecule has 0 aliphatic carbocycles. The van der Waals surface area contributed by atoms with Crippen molar-refractivity contribution in [2.45, 2.75) is 5.03 Å². The lowest BCUT2D eigenvalue weighted by molar-refractivity contribution is -0.134. The molecular formula is C9H10N4O4S. The first-order valence-corrected chi connectivity index (χ1v) is 6.38. The minimum absolute atomic E-state index is 0.0315. The highest BCUT2D eigenvalue weighted by molar-refractivity contribution is 7.89. The summed E-state index contributed by atoms with van der Waals surface area (Å²) in [5.74, 6) is -1.35. The number of anilines is 1. The summed E-state index contributed by atoms with van der Waals surface area (Å²) in [6.07, 6.45) is 1.27. The van der Waals surface area contributed by atoms with Gasteiger partial charge in [0.15, 0.2) is 5.03 Å². The molecule has 9 heteroatoms. The average molecular weight is 270 g/mol. The molecule has 1 aromatic heterocycles. The van der Waals surface area contributed by atoms with Gasteiger partial charge in [-0.3, -0.25) is 14.9 Å². The molecule has 2 amide bonds. The van der Waals surface area contributed by atoms with Gasteiger partial charge in [-0.05, 0) is 12.1 Å². The van der Waals surface area contributed by atoms with Crippen LogP contribution < -0.4 is 11.1 Å². The fourth-order valence-electron chi connectivity index (χ4n) is 1.52. The fraction of sp³-hybridized carbons (Fsp3) is 0.222. The standard InChI is InChI=1S/C9H10N4O4S/c10-6-2-1-3-11-9(6)18(16,17)13-4-7(14)12-8(15)5-13/h1-3H,4-5,10H2,(H,12,14,15). The van der Waals surface area contributed by atoms with E-state index in [-0.39, 0.29) is 10.7 Å². The van der Waals surface area contributed by atoms with Gasteiger partial charge in [0.1, 0.15) is 0 Å². The largest absolute Gasteiger partial charge is 0.396 e. The molecular weight excluding hydrogens is 260 g/mol. The number of piperazine rings is 1. The minimum Gasteiger partial charge on any atom is -0.396 e. The summed E-state index contributed by atoms with van der Waals surface area (Å²) in [5, 5.41) is 1.66. The Kier molecular flexibility index (Phi) is 3.01. The van der Waals surface area contributed by atoms with Gasteiger partial charge in [0.2, 0.25) is 11.8 Å². The van der Waals surface area contributed by atoms with Gasteiger partial charge in [-0.15, -0.1) is 0 Å². The molecule has 1 fully saturated rings. The molecule has 0 atom stereocenters. The number of rotatable bonds is 2. The van der Waals surface area contributed by atoms with E-state index in [2.05, 4.69) is 4.98 Å². The average Bonchev–Trinajstić information content (AvgIpc) is 2.28. The first-order chi connectivity index (χ1) is 8.41. The Balaban J connectivity index is 2.40. The van der Waals surface area contributed by atoms with E-state index < -0.39 is 34.9 Å². The molecule has 8 nitrogen and oxygen atoms in total. The van der Waals surface area contributed by atoms with Gasteiger partial charge in [-0.1, -0.05) is 0 Å².